The number of carbonyl (C=O) groups is 1. The smallest absolute Gasteiger partial charge is 0.244 e. The molecule has 0 unspecified atom stereocenters. The molecule has 2 aromatic carbocycles. The van der Waals surface area contributed by atoms with Gasteiger partial charge >= 0.3 is 0 Å². The van der Waals surface area contributed by atoms with E-state index in [4.69, 9.17) is 0 Å². The lowest BCUT2D eigenvalue weighted by atomic mass is 10.1. The Kier molecular flexibility index (Phi) is 5.69. The fraction of sp³-hybridized carbons (Fsp3) is 0.176. The zero-order chi connectivity index (χ0) is 15.1. The van der Waals surface area contributed by atoms with Crippen LogP contribution in [0, 0.1) is 0 Å². The molecule has 0 heterocycles. The number of hydrazone groups is 1. The summed E-state index contributed by atoms with van der Waals surface area (Å²) in [4.78, 5) is 11.8. The Morgan fingerprint density at radius 3 is 2.57 bits per heavy atom. The van der Waals surface area contributed by atoms with Gasteiger partial charge in [0, 0.05) is 4.47 Å². The van der Waals surface area contributed by atoms with Crippen LogP contribution in [-0.4, -0.2) is 12.1 Å². The van der Waals surface area contributed by atoms with E-state index in [1.165, 1.54) is 5.56 Å². The maximum Gasteiger partial charge on any atom is 0.244 e. The molecule has 1 amide bonds. The SMILES string of the molecule is CCc1ccc(CC(=O)N/N=C/c2cccc(Br)c2)cc1. The number of hydrogen-bond donors (Lipinski definition) is 1. The van der Waals surface area contributed by atoms with Crippen LogP contribution in [0.15, 0.2) is 58.1 Å². The average molecular weight is 345 g/mol. The highest BCUT2D eigenvalue weighted by Crippen LogP contribution is 2.10. The van der Waals surface area contributed by atoms with E-state index in [0.717, 1.165) is 22.0 Å². The van der Waals surface area contributed by atoms with E-state index >= 15 is 0 Å². The fourth-order valence-electron chi connectivity index (χ4n) is 1.88. The fourth-order valence-corrected chi connectivity index (χ4v) is 2.30. The van der Waals surface area contributed by atoms with Crippen molar-refractivity contribution in [2.45, 2.75) is 19.8 Å². The van der Waals surface area contributed by atoms with Crippen molar-refractivity contribution in [3.05, 3.63) is 69.7 Å². The molecule has 0 atom stereocenters. The van der Waals surface area contributed by atoms with Crippen LogP contribution >= 0.6 is 15.9 Å². The first-order valence-corrected chi connectivity index (χ1v) is 7.62. The predicted molar refractivity (Wildman–Crippen MR) is 89.4 cm³/mol. The third-order valence-electron chi connectivity index (χ3n) is 3.05. The minimum Gasteiger partial charge on any atom is -0.273 e. The Morgan fingerprint density at radius 1 is 1.19 bits per heavy atom. The maximum absolute atomic E-state index is 11.8. The molecule has 0 radical (unpaired) electrons. The number of amides is 1. The summed E-state index contributed by atoms with van der Waals surface area (Å²) in [6.45, 7) is 2.11. The zero-order valence-electron chi connectivity index (χ0n) is 11.8. The Bertz CT molecular complexity index is 635. The van der Waals surface area contributed by atoms with Gasteiger partial charge in [0.15, 0.2) is 0 Å². The third-order valence-corrected chi connectivity index (χ3v) is 3.54. The molecule has 0 saturated heterocycles. The summed E-state index contributed by atoms with van der Waals surface area (Å²) >= 11 is 3.39. The molecule has 0 fully saturated rings. The van der Waals surface area contributed by atoms with Gasteiger partial charge in [-0.15, -0.1) is 0 Å². The van der Waals surface area contributed by atoms with E-state index in [-0.39, 0.29) is 5.91 Å². The standard InChI is InChI=1S/C17H17BrN2O/c1-2-13-6-8-14(9-7-13)11-17(21)20-19-12-15-4-3-5-16(18)10-15/h3-10,12H,2,11H2,1H3,(H,20,21)/b19-12+. The minimum atomic E-state index is -0.120. The Hall–Kier alpha value is -1.94. The lowest BCUT2D eigenvalue weighted by Crippen LogP contribution is -2.19. The van der Waals surface area contributed by atoms with Crippen LogP contribution < -0.4 is 5.43 Å². The second kappa shape index (κ2) is 7.74. The van der Waals surface area contributed by atoms with Crippen LogP contribution in [0.3, 0.4) is 0 Å². The molecule has 21 heavy (non-hydrogen) atoms. The van der Waals surface area contributed by atoms with Gasteiger partial charge in [-0.3, -0.25) is 4.79 Å². The Morgan fingerprint density at radius 2 is 1.90 bits per heavy atom. The molecular weight excluding hydrogens is 328 g/mol. The second-order valence-corrected chi connectivity index (χ2v) is 5.61. The number of aryl methyl sites for hydroxylation is 1. The number of nitrogens with one attached hydrogen (secondary N) is 1. The molecule has 0 aliphatic heterocycles. The van der Waals surface area contributed by atoms with Crippen molar-refractivity contribution < 1.29 is 4.79 Å². The molecule has 2 rings (SSSR count). The average Bonchev–Trinajstić information content (AvgIpc) is 2.48. The second-order valence-electron chi connectivity index (χ2n) is 4.70. The van der Waals surface area contributed by atoms with Crippen molar-refractivity contribution in [1.29, 1.82) is 0 Å². The minimum absolute atomic E-state index is 0.120. The molecule has 3 nitrogen and oxygen atoms in total. The van der Waals surface area contributed by atoms with Gasteiger partial charge in [0.1, 0.15) is 0 Å². The predicted octanol–water partition coefficient (Wildman–Crippen LogP) is 3.70. The number of rotatable bonds is 5. The molecule has 0 bridgehead atoms. The molecule has 0 spiro atoms. The molecule has 2 aromatic rings. The van der Waals surface area contributed by atoms with Gasteiger partial charge in [0.2, 0.25) is 5.91 Å². The summed E-state index contributed by atoms with van der Waals surface area (Å²) in [7, 11) is 0. The number of carbonyl (C=O) groups excluding carboxylic acids is 1. The summed E-state index contributed by atoms with van der Waals surface area (Å²) in [5.41, 5.74) is 5.73. The summed E-state index contributed by atoms with van der Waals surface area (Å²) < 4.78 is 0.980. The molecule has 1 N–H and O–H groups in total. The highest BCUT2D eigenvalue weighted by Gasteiger charge is 2.01. The molecule has 4 heteroatoms. The van der Waals surface area contributed by atoms with Gasteiger partial charge in [-0.25, -0.2) is 5.43 Å². The number of hydrogen-bond acceptors (Lipinski definition) is 2. The van der Waals surface area contributed by atoms with Crippen molar-refractivity contribution >= 4 is 28.1 Å². The van der Waals surface area contributed by atoms with Gasteiger partial charge in [-0.1, -0.05) is 59.3 Å². The summed E-state index contributed by atoms with van der Waals surface area (Å²) in [5.74, 6) is -0.120. The van der Waals surface area contributed by atoms with E-state index in [1.807, 2.05) is 48.5 Å². The van der Waals surface area contributed by atoms with E-state index in [1.54, 1.807) is 6.21 Å². The topological polar surface area (TPSA) is 41.5 Å². The van der Waals surface area contributed by atoms with Gasteiger partial charge in [0.05, 0.1) is 12.6 Å². The maximum atomic E-state index is 11.8. The molecule has 0 aromatic heterocycles. The summed E-state index contributed by atoms with van der Waals surface area (Å²) in [5, 5.41) is 3.97. The van der Waals surface area contributed by atoms with E-state index in [9.17, 15) is 4.79 Å². The van der Waals surface area contributed by atoms with Crippen LogP contribution in [0.2, 0.25) is 0 Å². The lowest BCUT2D eigenvalue weighted by Gasteiger charge is -2.02. The van der Waals surface area contributed by atoms with E-state index in [2.05, 4.69) is 33.4 Å². The van der Waals surface area contributed by atoms with Crippen molar-refractivity contribution in [3.8, 4) is 0 Å². The van der Waals surface area contributed by atoms with E-state index < -0.39 is 0 Å². The lowest BCUT2D eigenvalue weighted by molar-refractivity contribution is -0.120. The zero-order valence-corrected chi connectivity index (χ0v) is 13.4. The van der Waals surface area contributed by atoms with Crippen molar-refractivity contribution in [2.24, 2.45) is 5.10 Å². The first-order chi connectivity index (χ1) is 10.2. The molecule has 108 valence electrons. The van der Waals surface area contributed by atoms with E-state index in [0.29, 0.717) is 6.42 Å². The van der Waals surface area contributed by atoms with Gasteiger partial charge < -0.3 is 0 Å². The molecule has 0 saturated carbocycles. The van der Waals surface area contributed by atoms with Crippen LogP contribution in [0.25, 0.3) is 0 Å². The quantitative estimate of drug-likeness (QED) is 0.652. The van der Waals surface area contributed by atoms with Gasteiger partial charge in [0.25, 0.3) is 0 Å². The van der Waals surface area contributed by atoms with Gasteiger partial charge in [-0.2, -0.15) is 5.10 Å². The van der Waals surface area contributed by atoms with Gasteiger partial charge in [-0.05, 0) is 35.2 Å². The van der Waals surface area contributed by atoms with Crippen LogP contribution in [-0.2, 0) is 17.6 Å². The van der Waals surface area contributed by atoms with Crippen molar-refractivity contribution in [2.75, 3.05) is 0 Å². The molecule has 0 aliphatic rings. The first kappa shape index (κ1) is 15.4. The van der Waals surface area contributed by atoms with Crippen molar-refractivity contribution in [3.63, 3.8) is 0 Å². The Labute approximate surface area is 133 Å². The highest BCUT2D eigenvalue weighted by molar-refractivity contribution is 9.10. The largest absolute Gasteiger partial charge is 0.273 e. The van der Waals surface area contributed by atoms with Crippen LogP contribution in [0.5, 0.6) is 0 Å². The monoisotopic (exact) mass is 344 g/mol. The molecular formula is C17H17BrN2O. The highest BCUT2D eigenvalue weighted by atomic mass is 79.9. The third kappa shape index (κ3) is 5.16. The molecule has 0 aliphatic carbocycles. The Balaban J connectivity index is 1.86. The van der Waals surface area contributed by atoms with Crippen LogP contribution in [0.4, 0.5) is 0 Å². The van der Waals surface area contributed by atoms with Crippen LogP contribution in [0.1, 0.15) is 23.6 Å². The number of nitrogens with zero attached hydrogens (tertiary/aromatic N) is 1. The number of benzene rings is 2. The van der Waals surface area contributed by atoms with Crippen molar-refractivity contribution in [1.82, 2.24) is 5.43 Å². The first-order valence-electron chi connectivity index (χ1n) is 6.82. The normalized spacial score (nSPS) is 10.8. The summed E-state index contributed by atoms with van der Waals surface area (Å²) in [6, 6.07) is 15.8. The summed E-state index contributed by atoms with van der Waals surface area (Å²) in [6.07, 6.45) is 2.96. The number of halogens is 1.